The van der Waals surface area contributed by atoms with Crippen LogP contribution in [0.5, 0.6) is 0 Å². The molecule has 0 saturated carbocycles. The average molecular weight is 287 g/mol. The third kappa shape index (κ3) is 2.10. The highest BCUT2D eigenvalue weighted by Crippen LogP contribution is 2.31. The van der Waals surface area contributed by atoms with Crippen molar-refractivity contribution in [1.29, 1.82) is 0 Å². The summed E-state index contributed by atoms with van der Waals surface area (Å²) in [6.45, 7) is 6.94. The first-order valence-electron chi connectivity index (χ1n) is 6.48. The Bertz CT molecular complexity index is 750. The Hall–Kier alpha value is -1.79. The number of hydrogen-bond donors (Lipinski definition) is 1. The van der Waals surface area contributed by atoms with E-state index in [9.17, 15) is 0 Å². The molecule has 0 unspecified atom stereocenters. The first-order chi connectivity index (χ1) is 9.50. The van der Waals surface area contributed by atoms with E-state index >= 15 is 0 Å². The molecule has 0 aliphatic carbocycles. The van der Waals surface area contributed by atoms with Gasteiger partial charge in [-0.3, -0.25) is 4.98 Å². The number of nitrogens with zero attached hydrogens (tertiary/aromatic N) is 4. The zero-order valence-corrected chi connectivity index (χ0v) is 12.6. The van der Waals surface area contributed by atoms with E-state index in [1.165, 1.54) is 0 Å². The van der Waals surface area contributed by atoms with Crippen LogP contribution >= 0.6 is 11.3 Å². The van der Waals surface area contributed by atoms with E-state index in [1.807, 2.05) is 11.4 Å². The Balaban J connectivity index is 2.29. The van der Waals surface area contributed by atoms with Crippen LogP contribution in [-0.4, -0.2) is 19.5 Å². The number of thiazole rings is 1. The lowest BCUT2D eigenvalue weighted by Crippen LogP contribution is -2.22. The van der Waals surface area contributed by atoms with Gasteiger partial charge in [-0.05, 0) is 26.8 Å². The second kappa shape index (κ2) is 4.64. The highest BCUT2D eigenvalue weighted by atomic mass is 32.1. The van der Waals surface area contributed by atoms with Crippen LogP contribution in [0.15, 0.2) is 23.8 Å². The van der Waals surface area contributed by atoms with Crippen molar-refractivity contribution in [3.8, 4) is 11.5 Å². The third-order valence-electron chi connectivity index (χ3n) is 3.08. The summed E-state index contributed by atoms with van der Waals surface area (Å²) in [5, 5.41) is 2.93. The van der Waals surface area contributed by atoms with Gasteiger partial charge in [-0.15, -0.1) is 11.3 Å². The number of aromatic nitrogens is 4. The summed E-state index contributed by atoms with van der Waals surface area (Å²) in [5.41, 5.74) is 8.40. The molecule has 0 radical (unpaired) electrons. The van der Waals surface area contributed by atoms with E-state index < -0.39 is 0 Å². The van der Waals surface area contributed by atoms with Gasteiger partial charge in [0.05, 0.1) is 11.7 Å². The van der Waals surface area contributed by atoms with Crippen LogP contribution in [0.1, 0.15) is 25.8 Å². The molecule has 2 N–H and O–H groups in total. The molecule has 0 atom stereocenters. The predicted octanol–water partition coefficient (Wildman–Crippen LogP) is 2.77. The van der Waals surface area contributed by atoms with E-state index in [2.05, 4.69) is 35.3 Å². The van der Waals surface area contributed by atoms with Crippen molar-refractivity contribution in [3.63, 3.8) is 0 Å². The second-order valence-corrected chi connectivity index (χ2v) is 6.58. The molecule has 3 aromatic rings. The maximum Gasteiger partial charge on any atom is 0.161 e. The van der Waals surface area contributed by atoms with Gasteiger partial charge in [0, 0.05) is 23.7 Å². The summed E-state index contributed by atoms with van der Waals surface area (Å²) < 4.78 is 2.21. The lowest BCUT2D eigenvalue weighted by molar-refractivity contribution is 0.412. The van der Waals surface area contributed by atoms with Crippen LogP contribution in [0.4, 0.5) is 0 Å². The maximum atomic E-state index is 5.65. The molecule has 0 amide bonds. The quantitative estimate of drug-likeness (QED) is 0.787. The zero-order chi connectivity index (χ0) is 14.3. The fourth-order valence-electron chi connectivity index (χ4n) is 2.29. The van der Waals surface area contributed by atoms with Gasteiger partial charge in [0.15, 0.2) is 5.82 Å². The molecule has 3 rings (SSSR count). The van der Waals surface area contributed by atoms with Crippen molar-refractivity contribution >= 4 is 22.4 Å². The van der Waals surface area contributed by atoms with E-state index in [4.69, 9.17) is 10.7 Å². The van der Waals surface area contributed by atoms with Crippen LogP contribution in [0.2, 0.25) is 0 Å². The van der Waals surface area contributed by atoms with E-state index in [0.717, 1.165) is 27.6 Å². The zero-order valence-electron chi connectivity index (χ0n) is 11.8. The van der Waals surface area contributed by atoms with Crippen molar-refractivity contribution in [2.75, 3.05) is 0 Å². The number of imidazole rings is 1. The lowest BCUT2D eigenvalue weighted by atomic mass is 10.1. The van der Waals surface area contributed by atoms with Crippen molar-refractivity contribution in [1.82, 2.24) is 19.5 Å². The van der Waals surface area contributed by atoms with Gasteiger partial charge in [0.1, 0.15) is 16.2 Å². The largest absolute Gasteiger partial charge is 0.325 e. The molecular formula is C14H17N5S. The van der Waals surface area contributed by atoms with Crippen LogP contribution in [0, 0.1) is 0 Å². The van der Waals surface area contributed by atoms with Crippen LogP contribution < -0.4 is 5.73 Å². The number of nitrogens with two attached hydrogens (primary N) is 1. The molecular weight excluding hydrogens is 270 g/mol. The number of pyridine rings is 1. The average Bonchev–Trinajstić information content (AvgIpc) is 3.01. The predicted molar refractivity (Wildman–Crippen MR) is 81.5 cm³/mol. The first kappa shape index (κ1) is 13.2. The van der Waals surface area contributed by atoms with Crippen molar-refractivity contribution in [3.05, 3.63) is 28.8 Å². The molecule has 0 saturated heterocycles. The van der Waals surface area contributed by atoms with Gasteiger partial charge in [-0.1, -0.05) is 0 Å². The molecule has 3 aromatic heterocycles. The Kier molecular flexibility index (Phi) is 3.07. The smallest absolute Gasteiger partial charge is 0.161 e. The number of fused-ring (bicyclic) bond motifs is 1. The van der Waals surface area contributed by atoms with Gasteiger partial charge in [-0.2, -0.15) is 0 Å². The summed E-state index contributed by atoms with van der Waals surface area (Å²) in [4.78, 5) is 13.4. The van der Waals surface area contributed by atoms with Gasteiger partial charge in [0.2, 0.25) is 0 Å². The number of hydrogen-bond acceptors (Lipinski definition) is 5. The van der Waals surface area contributed by atoms with Crippen molar-refractivity contribution < 1.29 is 0 Å². The molecule has 20 heavy (non-hydrogen) atoms. The highest BCUT2D eigenvalue weighted by molar-refractivity contribution is 7.09. The minimum absolute atomic E-state index is 0.0854. The van der Waals surface area contributed by atoms with Crippen molar-refractivity contribution in [2.24, 2.45) is 5.73 Å². The van der Waals surface area contributed by atoms with Crippen molar-refractivity contribution in [2.45, 2.75) is 32.9 Å². The first-order valence-corrected chi connectivity index (χ1v) is 7.36. The molecule has 0 aliphatic rings. The highest BCUT2D eigenvalue weighted by Gasteiger charge is 2.23. The molecule has 6 heteroatoms. The molecule has 0 fully saturated rings. The standard InChI is InChI=1S/C14H17N5S/c1-14(2,3)19-11-4-5-16-7-9(11)18-13(19)10-8-20-12(6-15)17-10/h4-5,7-8H,6,15H2,1-3H3. The molecule has 0 bridgehead atoms. The Labute approximate surface area is 121 Å². The summed E-state index contributed by atoms with van der Waals surface area (Å²) in [6, 6.07) is 1.99. The van der Waals surface area contributed by atoms with E-state index in [-0.39, 0.29) is 5.54 Å². The van der Waals surface area contributed by atoms with Gasteiger partial charge in [-0.25, -0.2) is 9.97 Å². The normalized spacial score (nSPS) is 12.2. The fourth-order valence-corrected chi connectivity index (χ4v) is 2.94. The minimum atomic E-state index is -0.0854. The van der Waals surface area contributed by atoms with Gasteiger partial charge < -0.3 is 10.3 Å². The Morgan fingerprint density at radius 3 is 2.75 bits per heavy atom. The Morgan fingerprint density at radius 2 is 2.10 bits per heavy atom. The molecule has 5 nitrogen and oxygen atoms in total. The Morgan fingerprint density at radius 1 is 1.30 bits per heavy atom. The van der Waals surface area contributed by atoms with Crippen LogP contribution in [0.25, 0.3) is 22.6 Å². The molecule has 0 aliphatic heterocycles. The van der Waals surface area contributed by atoms with Gasteiger partial charge in [0.25, 0.3) is 0 Å². The van der Waals surface area contributed by atoms with Gasteiger partial charge >= 0.3 is 0 Å². The summed E-state index contributed by atoms with van der Waals surface area (Å²) in [7, 11) is 0. The molecule has 3 heterocycles. The topological polar surface area (TPSA) is 69.6 Å². The number of rotatable bonds is 2. The summed E-state index contributed by atoms with van der Waals surface area (Å²) >= 11 is 1.57. The summed E-state index contributed by atoms with van der Waals surface area (Å²) in [5.74, 6) is 0.872. The third-order valence-corrected chi connectivity index (χ3v) is 3.95. The minimum Gasteiger partial charge on any atom is -0.325 e. The van der Waals surface area contributed by atoms with E-state index in [1.54, 1.807) is 23.7 Å². The molecule has 104 valence electrons. The van der Waals surface area contributed by atoms with Crippen LogP contribution in [0.3, 0.4) is 0 Å². The fraction of sp³-hybridized carbons (Fsp3) is 0.357. The second-order valence-electron chi connectivity index (χ2n) is 5.64. The van der Waals surface area contributed by atoms with E-state index in [0.29, 0.717) is 6.54 Å². The van der Waals surface area contributed by atoms with Crippen LogP contribution in [-0.2, 0) is 12.1 Å². The monoisotopic (exact) mass is 287 g/mol. The SMILES string of the molecule is CC(C)(C)n1c(-c2csc(CN)n2)nc2cnccc21. The summed E-state index contributed by atoms with van der Waals surface area (Å²) in [6.07, 6.45) is 3.58. The maximum absolute atomic E-state index is 5.65. The molecule has 0 aromatic carbocycles. The lowest BCUT2D eigenvalue weighted by Gasteiger charge is -2.24. The molecule has 0 spiro atoms.